The molecule has 2 amide bonds. The number of nitrogens with zero attached hydrogens (tertiary/aromatic N) is 2. The van der Waals surface area contributed by atoms with Gasteiger partial charge in [-0.25, -0.2) is 0 Å². The molecule has 2 heterocycles. The van der Waals surface area contributed by atoms with Crippen LogP contribution >= 0.6 is 28.1 Å². The lowest BCUT2D eigenvalue weighted by molar-refractivity contribution is -0.122. The Balaban J connectivity index is 1.77. The van der Waals surface area contributed by atoms with Crippen LogP contribution in [0.15, 0.2) is 46.4 Å². The van der Waals surface area contributed by atoms with Crippen LogP contribution in [-0.4, -0.2) is 29.5 Å². The maximum absolute atomic E-state index is 13.3. The molecule has 0 unspecified atom stereocenters. The minimum Gasteiger partial charge on any atom is -0.369 e. The quantitative estimate of drug-likeness (QED) is 0.337. The first kappa shape index (κ1) is 22.7. The summed E-state index contributed by atoms with van der Waals surface area (Å²) in [6, 6.07) is 11.5. The molecular weight excluding hydrogens is 486 g/mol. The van der Waals surface area contributed by atoms with Gasteiger partial charge in [0.15, 0.2) is 5.11 Å². The van der Waals surface area contributed by atoms with Gasteiger partial charge in [0.05, 0.1) is 5.69 Å². The van der Waals surface area contributed by atoms with Gasteiger partial charge in [0.2, 0.25) is 0 Å². The lowest BCUT2D eigenvalue weighted by atomic mass is 9.79. The molecule has 7 heteroatoms. The zero-order valence-electron chi connectivity index (χ0n) is 18.8. The van der Waals surface area contributed by atoms with Crippen molar-refractivity contribution in [2.24, 2.45) is 0 Å². The maximum atomic E-state index is 13.3. The predicted octanol–water partition coefficient (Wildman–Crippen LogP) is 5.31. The molecule has 0 radical (unpaired) electrons. The second-order valence-corrected chi connectivity index (χ2v) is 10.5. The van der Waals surface area contributed by atoms with Crippen LogP contribution in [0.4, 0.5) is 11.4 Å². The van der Waals surface area contributed by atoms with Gasteiger partial charge in [-0.2, -0.15) is 0 Å². The van der Waals surface area contributed by atoms with Crippen LogP contribution in [0.25, 0.3) is 6.08 Å². The van der Waals surface area contributed by atoms with E-state index in [0.717, 1.165) is 22.0 Å². The number of benzene rings is 2. The Bertz CT molecular complexity index is 1170. The number of halogens is 1. The van der Waals surface area contributed by atoms with Crippen LogP contribution in [-0.2, 0) is 9.59 Å². The summed E-state index contributed by atoms with van der Waals surface area (Å²) in [5, 5.41) is 2.74. The van der Waals surface area contributed by atoms with Gasteiger partial charge < -0.3 is 4.90 Å². The first-order valence-corrected chi connectivity index (χ1v) is 11.7. The summed E-state index contributed by atoms with van der Waals surface area (Å²) < 4.78 is 0.892. The Morgan fingerprint density at radius 3 is 2.50 bits per heavy atom. The Hall–Kier alpha value is -2.51. The molecule has 2 aromatic rings. The van der Waals surface area contributed by atoms with Crippen molar-refractivity contribution in [2.75, 3.05) is 16.8 Å². The summed E-state index contributed by atoms with van der Waals surface area (Å²) in [5.74, 6) is -0.530. The van der Waals surface area contributed by atoms with E-state index in [9.17, 15) is 9.59 Å². The maximum Gasteiger partial charge on any atom is 0.270 e. The highest BCUT2D eigenvalue weighted by Gasteiger charge is 2.36. The molecule has 0 spiro atoms. The lowest BCUT2D eigenvalue weighted by Gasteiger charge is -2.45. The molecule has 166 valence electrons. The highest BCUT2D eigenvalue weighted by molar-refractivity contribution is 9.10. The third kappa shape index (κ3) is 3.88. The molecule has 0 bridgehead atoms. The first-order chi connectivity index (χ1) is 15.0. The number of amides is 2. The van der Waals surface area contributed by atoms with Crippen molar-refractivity contribution in [3.05, 3.63) is 63.1 Å². The highest BCUT2D eigenvalue weighted by Crippen LogP contribution is 2.43. The molecule has 32 heavy (non-hydrogen) atoms. The van der Waals surface area contributed by atoms with Crippen LogP contribution in [0, 0.1) is 6.92 Å². The molecule has 0 saturated carbocycles. The van der Waals surface area contributed by atoms with Crippen molar-refractivity contribution in [1.29, 1.82) is 0 Å². The molecule has 1 saturated heterocycles. The Labute approximate surface area is 202 Å². The van der Waals surface area contributed by atoms with Crippen molar-refractivity contribution in [3.8, 4) is 0 Å². The number of carbonyl (C=O) groups excluding carboxylic acids is 2. The zero-order chi connectivity index (χ0) is 23.4. The fourth-order valence-electron chi connectivity index (χ4n) is 4.53. The Morgan fingerprint density at radius 2 is 1.84 bits per heavy atom. The van der Waals surface area contributed by atoms with Crippen LogP contribution in [0.5, 0.6) is 0 Å². The van der Waals surface area contributed by atoms with Gasteiger partial charge in [0.1, 0.15) is 5.57 Å². The summed E-state index contributed by atoms with van der Waals surface area (Å²) >= 11 is 8.70. The van der Waals surface area contributed by atoms with Crippen molar-refractivity contribution in [2.45, 2.75) is 45.6 Å². The fraction of sp³-hybridized carbons (Fsp3) is 0.320. The highest BCUT2D eigenvalue weighted by atomic mass is 79.9. The van der Waals surface area contributed by atoms with Crippen LogP contribution in [0.1, 0.15) is 49.8 Å². The molecule has 4 rings (SSSR count). The third-order valence-corrected chi connectivity index (χ3v) is 7.32. The van der Waals surface area contributed by atoms with Gasteiger partial charge in [-0.1, -0.05) is 22.9 Å². The molecule has 2 aliphatic heterocycles. The van der Waals surface area contributed by atoms with Crippen molar-refractivity contribution in [1.82, 2.24) is 5.32 Å². The summed E-state index contributed by atoms with van der Waals surface area (Å²) in [6.45, 7) is 8.74. The van der Waals surface area contributed by atoms with E-state index < -0.39 is 11.8 Å². The standard InChI is InChI=1S/C25H26BrN3O2S/c1-14-10-21-19(15(2)13-25(3,4)28(21)5)11-16(14)12-20-22(30)27-24(32)29(23(20)31)18-8-6-17(26)7-9-18/h6-12,15H,13H2,1-5H3,(H,27,30,32)/b20-12+/t15-/m0/s1. The number of nitrogens with one attached hydrogen (secondary N) is 1. The van der Waals surface area contributed by atoms with Crippen LogP contribution in [0.3, 0.4) is 0 Å². The van der Waals surface area contributed by atoms with Crippen molar-refractivity contribution in [3.63, 3.8) is 0 Å². The summed E-state index contributed by atoms with van der Waals surface area (Å²) in [7, 11) is 2.12. The SMILES string of the molecule is Cc1cc2c(cc1/C=C1\C(=O)NC(=S)N(c3ccc(Br)cc3)C1=O)[C@@H](C)CC(C)(C)N2C. The van der Waals surface area contributed by atoms with Crippen molar-refractivity contribution >= 4 is 62.5 Å². The zero-order valence-corrected chi connectivity index (χ0v) is 21.2. The summed E-state index contributed by atoms with van der Waals surface area (Å²) in [4.78, 5) is 29.7. The molecule has 5 nitrogen and oxygen atoms in total. The number of hydrogen-bond acceptors (Lipinski definition) is 4. The lowest BCUT2D eigenvalue weighted by Crippen LogP contribution is -2.54. The number of anilines is 2. The normalized spacial score (nSPS) is 21.6. The monoisotopic (exact) mass is 511 g/mol. The van der Waals surface area contributed by atoms with E-state index in [4.69, 9.17) is 12.2 Å². The van der Waals surface area contributed by atoms with E-state index in [0.29, 0.717) is 11.6 Å². The largest absolute Gasteiger partial charge is 0.369 e. The first-order valence-electron chi connectivity index (χ1n) is 10.5. The second-order valence-electron chi connectivity index (χ2n) is 9.18. The Kier molecular flexibility index (Phi) is 5.75. The summed E-state index contributed by atoms with van der Waals surface area (Å²) in [5.41, 5.74) is 5.05. The van der Waals surface area contributed by atoms with Gasteiger partial charge in [-0.05, 0) is 104 Å². The fourth-order valence-corrected chi connectivity index (χ4v) is 5.07. The number of fused-ring (bicyclic) bond motifs is 1. The molecular formula is C25H26BrN3O2S. The Morgan fingerprint density at radius 1 is 1.19 bits per heavy atom. The van der Waals surface area contributed by atoms with E-state index in [-0.39, 0.29) is 16.2 Å². The number of rotatable bonds is 2. The van der Waals surface area contributed by atoms with Gasteiger partial charge >= 0.3 is 0 Å². The predicted molar refractivity (Wildman–Crippen MR) is 137 cm³/mol. The van der Waals surface area contributed by atoms with Crippen LogP contribution in [0.2, 0.25) is 0 Å². The molecule has 0 aliphatic carbocycles. The van der Waals surface area contributed by atoms with E-state index in [1.807, 2.05) is 19.1 Å². The van der Waals surface area contributed by atoms with Crippen LogP contribution < -0.4 is 15.1 Å². The van der Waals surface area contributed by atoms with E-state index in [1.54, 1.807) is 18.2 Å². The van der Waals surface area contributed by atoms with E-state index in [2.05, 4.69) is 66.1 Å². The minimum atomic E-state index is -0.475. The van der Waals surface area contributed by atoms with Gasteiger partial charge in [0.25, 0.3) is 11.8 Å². The van der Waals surface area contributed by atoms with E-state index in [1.165, 1.54) is 16.2 Å². The molecule has 1 atom stereocenters. The third-order valence-electron chi connectivity index (χ3n) is 6.51. The smallest absolute Gasteiger partial charge is 0.270 e. The topological polar surface area (TPSA) is 52.7 Å². The second kappa shape index (κ2) is 8.12. The number of thiocarbonyl (C=S) groups is 1. The number of hydrogen-bond donors (Lipinski definition) is 1. The average Bonchev–Trinajstić information content (AvgIpc) is 2.71. The molecule has 1 fully saturated rings. The molecule has 0 aromatic heterocycles. The molecule has 2 aliphatic rings. The number of aryl methyl sites for hydroxylation is 1. The van der Waals surface area contributed by atoms with Gasteiger partial charge in [-0.15, -0.1) is 0 Å². The molecule has 2 aromatic carbocycles. The van der Waals surface area contributed by atoms with Crippen molar-refractivity contribution < 1.29 is 9.59 Å². The van der Waals surface area contributed by atoms with Gasteiger partial charge in [-0.3, -0.25) is 19.8 Å². The number of carbonyl (C=O) groups is 2. The molecule has 1 N–H and O–H groups in total. The minimum absolute atomic E-state index is 0.0684. The van der Waals surface area contributed by atoms with Gasteiger partial charge in [0, 0.05) is 22.7 Å². The average molecular weight is 512 g/mol. The van der Waals surface area contributed by atoms with E-state index >= 15 is 0 Å². The summed E-state index contributed by atoms with van der Waals surface area (Å²) in [6.07, 6.45) is 2.72.